The second-order valence-corrected chi connectivity index (χ2v) is 9.48. The average molecular weight is 467 g/mol. The van der Waals surface area contributed by atoms with Crippen molar-refractivity contribution in [2.75, 3.05) is 0 Å². The first-order valence-electron chi connectivity index (χ1n) is 10.9. The van der Waals surface area contributed by atoms with E-state index >= 15 is 0 Å². The summed E-state index contributed by atoms with van der Waals surface area (Å²) in [6, 6.07) is 19.6. The van der Waals surface area contributed by atoms with Gasteiger partial charge in [0.25, 0.3) is 0 Å². The maximum Gasteiger partial charge on any atom is 0.163 e. The summed E-state index contributed by atoms with van der Waals surface area (Å²) in [6.07, 6.45) is 3.67. The molecular weight excluding hydrogens is 443 g/mol. The van der Waals surface area contributed by atoms with Crippen molar-refractivity contribution in [2.45, 2.75) is 38.3 Å². The van der Waals surface area contributed by atoms with E-state index in [1.807, 2.05) is 60.7 Å². The molecule has 0 spiro atoms. The van der Waals surface area contributed by atoms with Crippen LogP contribution in [0.3, 0.4) is 0 Å². The van der Waals surface area contributed by atoms with Gasteiger partial charge in [-0.05, 0) is 78.4 Å². The number of halogens is 2. The monoisotopic (exact) mass is 466 g/mol. The number of rotatable bonds is 7. The largest absolute Gasteiger partial charge is 0.460 e. The van der Waals surface area contributed by atoms with Crippen molar-refractivity contribution in [3.63, 3.8) is 0 Å². The molecule has 0 bridgehead atoms. The molecule has 1 aliphatic carbocycles. The van der Waals surface area contributed by atoms with E-state index in [1.54, 1.807) is 0 Å². The highest BCUT2D eigenvalue weighted by Gasteiger charge is 2.26. The number of nitrogens with one attached hydrogen (secondary N) is 2. The SMILES string of the molecule is O=C(CC1CCC(NNCc2cc3cc(Cl)ccc3o2)C1)c1ccc2cc(Cl)ccc2c1. The molecule has 4 nitrogen and oxygen atoms in total. The number of hydrazine groups is 1. The molecule has 3 aromatic carbocycles. The van der Waals surface area contributed by atoms with E-state index in [-0.39, 0.29) is 5.78 Å². The first-order chi connectivity index (χ1) is 15.5. The van der Waals surface area contributed by atoms with Crippen LogP contribution < -0.4 is 10.9 Å². The summed E-state index contributed by atoms with van der Waals surface area (Å²) in [7, 11) is 0. The van der Waals surface area contributed by atoms with Gasteiger partial charge in [0.15, 0.2) is 5.78 Å². The number of hydrogen-bond donors (Lipinski definition) is 2. The molecule has 0 radical (unpaired) electrons. The summed E-state index contributed by atoms with van der Waals surface area (Å²) in [5.74, 6) is 1.47. The van der Waals surface area contributed by atoms with E-state index in [2.05, 4.69) is 10.9 Å². The molecule has 0 aliphatic heterocycles. The third-order valence-electron chi connectivity index (χ3n) is 6.24. The van der Waals surface area contributed by atoms with Crippen molar-refractivity contribution < 1.29 is 9.21 Å². The van der Waals surface area contributed by atoms with Gasteiger partial charge in [-0.15, -0.1) is 0 Å². The maximum atomic E-state index is 12.8. The number of furan rings is 1. The fourth-order valence-corrected chi connectivity index (χ4v) is 4.96. The Morgan fingerprint density at radius 3 is 2.53 bits per heavy atom. The van der Waals surface area contributed by atoms with Gasteiger partial charge in [0, 0.05) is 33.5 Å². The van der Waals surface area contributed by atoms with Crippen LogP contribution in [-0.4, -0.2) is 11.8 Å². The summed E-state index contributed by atoms with van der Waals surface area (Å²) < 4.78 is 5.83. The van der Waals surface area contributed by atoms with Gasteiger partial charge in [-0.25, -0.2) is 5.43 Å². The van der Waals surface area contributed by atoms with Crippen LogP contribution in [-0.2, 0) is 6.54 Å². The van der Waals surface area contributed by atoms with Crippen LogP contribution in [0, 0.1) is 5.92 Å². The number of benzene rings is 3. The standard InChI is InChI=1S/C26H24Cl2N2O2/c27-21-5-4-17-11-19(3-2-18(17)12-21)25(31)10-16-1-7-23(9-16)30-29-15-24-14-20-13-22(28)6-8-26(20)32-24/h2-6,8,11-14,16,23,29-30H,1,7,9-10,15H2. The normalized spacial score (nSPS) is 18.6. The zero-order valence-corrected chi connectivity index (χ0v) is 19.0. The maximum absolute atomic E-state index is 12.8. The molecule has 1 saturated carbocycles. The van der Waals surface area contributed by atoms with E-state index < -0.39 is 0 Å². The molecule has 5 rings (SSSR count). The van der Waals surface area contributed by atoms with Gasteiger partial charge >= 0.3 is 0 Å². The molecular formula is C26H24Cl2N2O2. The zero-order valence-electron chi connectivity index (χ0n) is 17.5. The molecule has 6 heteroatoms. The van der Waals surface area contributed by atoms with Crippen LogP contribution in [0.1, 0.15) is 41.8 Å². The highest BCUT2D eigenvalue weighted by atomic mass is 35.5. The molecule has 1 heterocycles. The lowest BCUT2D eigenvalue weighted by molar-refractivity contribution is 0.0961. The summed E-state index contributed by atoms with van der Waals surface area (Å²) in [5, 5.41) is 4.52. The van der Waals surface area contributed by atoms with Gasteiger partial charge in [0.2, 0.25) is 0 Å². The highest BCUT2D eigenvalue weighted by Crippen LogP contribution is 2.30. The molecule has 1 aromatic heterocycles. The van der Waals surface area contributed by atoms with Crippen LogP contribution >= 0.6 is 23.2 Å². The molecule has 2 atom stereocenters. The van der Waals surface area contributed by atoms with Gasteiger partial charge in [-0.1, -0.05) is 41.4 Å². The molecule has 2 N–H and O–H groups in total. The Morgan fingerprint density at radius 1 is 0.906 bits per heavy atom. The molecule has 1 aliphatic rings. The van der Waals surface area contributed by atoms with Crippen molar-refractivity contribution in [1.82, 2.24) is 10.9 Å². The third-order valence-corrected chi connectivity index (χ3v) is 6.71. The first kappa shape index (κ1) is 21.5. The van der Waals surface area contributed by atoms with Crippen LogP contribution in [0.15, 0.2) is 65.1 Å². The van der Waals surface area contributed by atoms with Crippen molar-refractivity contribution >= 4 is 50.7 Å². The summed E-state index contributed by atoms with van der Waals surface area (Å²) >= 11 is 12.1. The predicted octanol–water partition coefficient (Wildman–Crippen LogP) is 6.93. The Labute approximate surface area is 196 Å². The van der Waals surface area contributed by atoms with Gasteiger partial charge in [0.1, 0.15) is 11.3 Å². The van der Waals surface area contributed by atoms with Crippen molar-refractivity contribution in [3.8, 4) is 0 Å². The summed E-state index contributed by atoms with van der Waals surface area (Å²) in [6.45, 7) is 0.591. The Bertz CT molecular complexity index is 1280. The Morgan fingerprint density at radius 2 is 1.66 bits per heavy atom. The lowest BCUT2D eigenvalue weighted by Gasteiger charge is -2.14. The van der Waals surface area contributed by atoms with Gasteiger partial charge < -0.3 is 4.42 Å². The molecule has 2 unspecified atom stereocenters. The fraction of sp³-hybridized carbons (Fsp3) is 0.269. The van der Waals surface area contributed by atoms with Gasteiger partial charge in [-0.2, -0.15) is 0 Å². The predicted molar refractivity (Wildman–Crippen MR) is 130 cm³/mol. The number of ketones is 1. The van der Waals surface area contributed by atoms with E-state index in [9.17, 15) is 4.79 Å². The van der Waals surface area contributed by atoms with Crippen LogP contribution in [0.4, 0.5) is 0 Å². The van der Waals surface area contributed by atoms with Crippen molar-refractivity contribution in [2.24, 2.45) is 5.92 Å². The minimum absolute atomic E-state index is 0.210. The summed E-state index contributed by atoms with van der Waals surface area (Å²) in [4.78, 5) is 12.8. The van der Waals surface area contributed by atoms with Gasteiger partial charge in [0.05, 0.1) is 6.54 Å². The van der Waals surface area contributed by atoms with E-state index in [0.29, 0.717) is 35.0 Å². The van der Waals surface area contributed by atoms with Crippen molar-refractivity contribution in [1.29, 1.82) is 0 Å². The molecule has 164 valence electrons. The average Bonchev–Trinajstić information content (AvgIpc) is 3.39. The quantitative estimate of drug-likeness (QED) is 0.229. The minimum Gasteiger partial charge on any atom is -0.460 e. The number of carbonyl (C=O) groups is 1. The third kappa shape index (κ3) is 4.84. The van der Waals surface area contributed by atoms with Gasteiger partial charge in [-0.3, -0.25) is 10.2 Å². The molecule has 32 heavy (non-hydrogen) atoms. The zero-order chi connectivity index (χ0) is 22.1. The topological polar surface area (TPSA) is 54.3 Å². The highest BCUT2D eigenvalue weighted by molar-refractivity contribution is 6.31. The number of hydrogen-bond acceptors (Lipinski definition) is 4. The number of fused-ring (bicyclic) bond motifs is 2. The molecule has 4 aromatic rings. The smallest absolute Gasteiger partial charge is 0.163 e. The van der Waals surface area contributed by atoms with Crippen molar-refractivity contribution in [3.05, 3.63) is 82.0 Å². The molecule has 0 amide bonds. The Hall–Kier alpha value is -2.37. The molecule has 1 fully saturated rings. The molecule has 0 saturated heterocycles. The van der Waals surface area contributed by atoms with E-state index in [0.717, 1.165) is 52.3 Å². The Kier molecular flexibility index (Phi) is 6.20. The second kappa shape index (κ2) is 9.24. The summed E-state index contributed by atoms with van der Waals surface area (Å²) in [5.41, 5.74) is 8.29. The first-order valence-corrected chi connectivity index (χ1v) is 11.7. The fourth-order valence-electron chi connectivity index (χ4n) is 4.60. The lowest BCUT2D eigenvalue weighted by atomic mass is 9.95. The number of Topliss-reactive ketones (excluding diaryl/α,β-unsaturated/α-hetero) is 1. The van der Waals surface area contributed by atoms with E-state index in [1.165, 1.54) is 0 Å². The van der Waals surface area contributed by atoms with Crippen LogP contribution in [0.25, 0.3) is 21.7 Å². The Balaban J connectivity index is 1.12. The lowest BCUT2D eigenvalue weighted by Crippen LogP contribution is -2.38. The minimum atomic E-state index is 0.210. The number of carbonyl (C=O) groups excluding carboxylic acids is 1. The van der Waals surface area contributed by atoms with Crippen LogP contribution in [0.5, 0.6) is 0 Å². The van der Waals surface area contributed by atoms with Crippen LogP contribution in [0.2, 0.25) is 10.0 Å². The van der Waals surface area contributed by atoms with E-state index in [4.69, 9.17) is 27.6 Å². The second-order valence-electron chi connectivity index (χ2n) is 8.60.